The molecule has 0 spiro atoms. The molecule has 0 aliphatic carbocycles. The summed E-state index contributed by atoms with van der Waals surface area (Å²) >= 11 is 3.41. The van der Waals surface area contributed by atoms with Crippen LogP contribution in [0.15, 0.2) is 65.3 Å². The molecule has 2 rings (SSSR count). The first-order valence-corrected chi connectivity index (χ1v) is 9.65. The van der Waals surface area contributed by atoms with Crippen LogP contribution in [0.2, 0.25) is 0 Å². The largest absolute Gasteiger partial charge is 0.484 e. The van der Waals surface area contributed by atoms with Gasteiger partial charge in [0.05, 0.1) is 6.42 Å². The average Bonchev–Trinajstić information content (AvgIpc) is 2.68. The first kappa shape index (κ1) is 21.5. The van der Waals surface area contributed by atoms with E-state index in [-0.39, 0.29) is 24.8 Å². The van der Waals surface area contributed by atoms with E-state index in [1.165, 1.54) is 0 Å². The van der Waals surface area contributed by atoms with E-state index in [1.807, 2.05) is 49.4 Å². The Kier molecular flexibility index (Phi) is 8.55. The van der Waals surface area contributed by atoms with Crippen molar-refractivity contribution in [2.75, 3.05) is 13.2 Å². The monoisotopic (exact) mass is 445 g/mol. The molecule has 0 atom stereocenters. The van der Waals surface area contributed by atoms with Crippen molar-refractivity contribution in [3.05, 3.63) is 76.4 Å². The number of hydrogen-bond donors (Lipinski definition) is 3. The highest BCUT2D eigenvalue weighted by atomic mass is 79.9. The lowest BCUT2D eigenvalue weighted by atomic mass is 10.1. The van der Waals surface area contributed by atoms with Crippen LogP contribution >= 0.6 is 15.9 Å². The van der Waals surface area contributed by atoms with E-state index in [2.05, 4.69) is 38.7 Å². The minimum Gasteiger partial charge on any atom is -0.484 e. The van der Waals surface area contributed by atoms with Crippen LogP contribution in [-0.4, -0.2) is 25.0 Å². The zero-order valence-corrected chi connectivity index (χ0v) is 17.3. The Morgan fingerprint density at radius 1 is 1.07 bits per heavy atom. The molecule has 0 heterocycles. The second kappa shape index (κ2) is 11.1. The number of hydrazine groups is 1. The number of nitrogens with one attached hydrogen (secondary N) is 3. The summed E-state index contributed by atoms with van der Waals surface area (Å²) in [6.07, 6.45) is 0.831. The molecule has 0 aromatic heterocycles. The Labute approximate surface area is 173 Å². The van der Waals surface area contributed by atoms with Gasteiger partial charge in [-0.25, -0.2) is 0 Å². The molecule has 28 heavy (non-hydrogen) atoms. The van der Waals surface area contributed by atoms with E-state index < -0.39 is 0 Å². The van der Waals surface area contributed by atoms with E-state index in [9.17, 15) is 9.59 Å². The third-order valence-corrected chi connectivity index (χ3v) is 4.72. The lowest BCUT2D eigenvalue weighted by Gasteiger charge is -2.12. The van der Waals surface area contributed by atoms with E-state index in [0.717, 1.165) is 22.0 Å². The van der Waals surface area contributed by atoms with Crippen LogP contribution in [0.25, 0.3) is 0 Å². The number of hydrogen-bond acceptors (Lipinski definition) is 4. The van der Waals surface area contributed by atoms with Crippen LogP contribution in [0.4, 0.5) is 0 Å². The number of aryl methyl sites for hydroxylation is 1. The minimum absolute atomic E-state index is 0.0713. The summed E-state index contributed by atoms with van der Waals surface area (Å²) in [6.45, 7) is 6.07. The fourth-order valence-corrected chi connectivity index (χ4v) is 2.59. The van der Waals surface area contributed by atoms with Crippen molar-refractivity contribution in [1.82, 2.24) is 16.2 Å². The lowest BCUT2D eigenvalue weighted by molar-refractivity contribution is -0.124. The predicted molar refractivity (Wildman–Crippen MR) is 113 cm³/mol. The van der Waals surface area contributed by atoms with Gasteiger partial charge in [-0.3, -0.25) is 15.0 Å². The molecule has 3 N–H and O–H groups in total. The summed E-state index contributed by atoms with van der Waals surface area (Å²) < 4.78 is 6.41. The molecule has 148 valence electrons. The summed E-state index contributed by atoms with van der Waals surface area (Å²) in [7, 11) is 0. The average molecular weight is 446 g/mol. The maximum absolute atomic E-state index is 11.9. The molecule has 7 heteroatoms. The molecule has 0 aliphatic heterocycles. The molecule has 0 fully saturated rings. The van der Waals surface area contributed by atoms with Crippen molar-refractivity contribution in [3.63, 3.8) is 0 Å². The SMILES string of the molecule is C=C(CC(=O)NCCc1ccccc1)NNC(=O)COc1ccc(Br)c(C)c1. The maximum atomic E-state index is 11.9. The maximum Gasteiger partial charge on any atom is 0.276 e. The molecule has 2 aromatic rings. The number of rotatable bonds is 10. The van der Waals surface area contributed by atoms with Gasteiger partial charge in [0.25, 0.3) is 5.91 Å². The Morgan fingerprint density at radius 3 is 2.54 bits per heavy atom. The molecule has 0 unspecified atom stereocenters. The van der Waals surface area contributed by atoms with Crippen LogP contribution in [0.3, 0.4) is 0 Å². The number of carbonyl (C=O) groups is 2. The number of carbonyl (C=O) groups excluding carboxylic acids is 2. The summed E-state index contributed by atoms with van der Waals surface area (Å²) in [5.41, 5.74) is 7.67. The van der Waals surface area contributed by atoms with Crippen molar-refractivity contribution >= 4 is 27.7 Å². The van der Waals surface area contributed by atoms with E-state index in [1.54, 1.807) is 6.07 Å². The quantitative estimate of drug-likeness (QED) is 0.491. The number of ether oxygens (including phenoxy) is 1. The normalized spacial score (nSPS) is 10.1. The minimum atomic E-state index is -0.369. The van der Waals surface area contributed by atoms with Gasteiger partial charge in [-0.2, -0.15) is 0 Å². The van der Waals surface area contributed by atoms with Gasteiger partial charge in [-0.05, 0) is 42.7 Å². The number of amides is 2. The zero-order chi connectivity index (χ0) is 20.4. The Bertz CT molecular complexity index is 825. The van der Waals surface area contributed by atoms with Gasteiger partial charge in [-0.1, -0.05) is 52.8 Å². The van der Waals surface area contributed by atoms with Gasteiger partial charge >= 0.3 is 0 Å². The molecule has 0 saturated heterocycles. The molecule has 0 saturated carbocycles. The summed E-state index contributed by atoms with van der Waals surface area (Å²) in [5.74, 6) is 0.0722. The summed E-state index contributed by atoms with van der Waals surface area (Å²) in [5, 5.41) is 2.83. The second-order valence-corrected chi connectivity index (χ2v) is 7.09. The topological polar surface area (TPSA) is 79.5 Å². The molecule has 2 amide bonds. The van der Waals surface area contributed by atoms with Crippen molar-refractivity contribution < 1.29 is 14.3 Å². The summed E-state index contributed by atoms with van der Waals surface area (Å²) in [4.78, 5) is 23.7. The molecule has 0 aliphatic rings. The fourth-order valence-electron chi connectivity index (χ4n) is 2.34. The highest BCUT2D eigenvalue weighted by Gasteiger charge is 2.07. The van der Waals surface area contributed by atoms with E-state index in [4.69, 9.17) is 4.74 Å². The van der Waals surface area contributed by atoms with Gasteiger partial charge in [0.15, 0.2) is 6.61 Å². The predicted octanol–water partition coefficient (Wildman–Crippen LogP) is 3.02. The van der Waals surface area contributed by atoms with Crippen LogP contribution in [0, 0.1) is 6.92 Å². The van der Waals surface area contributed by atoms with Gasteiger partial charge < -0.3 is 15.5 Å². The Hall–Kier alpha value is -2.80. The van der Waals surface area contributed by atoms with Gasteiger partial charge in [0.1, 0.15) is 5.75 Å². The smallest absolute Gasteiger partial charge is 0.276 e. The third kappa shape index (κ3) is 7.84. The zero-order valence-electron chi connectivity index (χ0n) is 15.8. The first-order valence-electron chi connectivity index (χ1n) is 8.86. The van der Waals surface area contributed by atoms with Gasteiger partial charge in [0.2, 0.25) is 5.91 Å². The highest BCUT2D eigenvalue weighted by molar-refractivity contribution is 9.10. The lowest BCUT2D eigenvalue weighted by Crippen LogP contribution is -2.40. The first-order chi connectivity index (χ1) is 13.4. The van der Waals surface area contributed by atoms with Crippen molar-refractivity contribution in [3.8, 4) is 5.75 Å². The van der Waals surface area contributed by atoms with E-state index in [0.29, 0.717) is 18.0 Å². The Morgan fingerprint density at radius 2 is 1.82 bits per heavy atom. The van der Waals surface area contributed by atoms with Crippen molar-refractivity contribution in [2.45, 2.75) is 19.8 Å². The number of halogens is 1. The van der Waals surface area contributed by atoms with Gasteiger partial charge in [0, 0.05) is 16.7 Å². The van der Waals surface area contributed by atoms with Crippen molar-refractivity contribution in [2.24, 2.45) is 0 Å². The number of benzene rings is 2. The second-order valence-electron chi connectivity index (χ2n) is 6.24. The summed E-state index contributed by atoms with van der Waals surface area (Å²) in [6, 6.07) is 15.4. The van der Waals surface area contributed by atoms with E-state index >= 15 is 0 Å². The van der Waals surface area contributed by atoms with Gasteiger partial charge in [-0.15, -0.1) is 0 Å². The van der Waals surface area contributed by atoms with Crippen LogP contribution in [-0.2, 0) is 16.0 Å². The molecule has 6 nitrogen and oxygen atoms in total. The molecular formula is C21H24BrN3O3. The fraction of sp³-hybridized carbons (Fsp3) is 0.238. The molecule has 2 aromatic carbocycles. The van der Waals surface area contributed by atoms with Crippen molar-refractivity contribution in [1.29, 1.82) is 0 Å². The van der Waals surface area contributed by atoms with Crippen LogP contribution in [0.1, 0.15) is 17.5 Å². The van der Waals surface area contributed by atoms with Crippen LogP contribution in [0.5, 0.6) is 5.75 Å². The highest BCUT2D eigenvalue weighted by Crippen LogP contribution is 2.21. The third-order valence-electron chi connectivity index (χ3n) is 3.83. The molecule has 0 radical (unpaired) electrons. The molecule has 0 bridgehead atoms. The Balaban J connectivity index is 1.60. The standard InChI is InChI=1S/C21H24BrN3O3/c1-15-12-18(8-9-19(15)22)28-14-21(27)25-24-16(2)13-20(26)23-11-10-17-6-4-3-5-7-17/h3-9,12,24H,2,10-11,13-14H2,1H3,(H,23,26)(H,25,27). The van der Waals surface area contributed by atoms with Crippen LogP contribution < -0.4 is 20.9 Å². The molecular weight excluding hydrogens is 422 g/mol.